The van der Waals surface area contributed by atoms with Gasteiger partial charge in [-0.25, -0.2) is 17.6 Å². The number of sulfonamides is 1. The maximum Gasteiger partial charge on any atom is 0.337 e. The van der Waals surface area contributed by atoms with Crippen LogP contribution in [0.4, 0.5) is 4.39 Å². The molecule has 0 saturated carbocycles. The Bertz CT molecular complexity index is 638. The molecule has 1 aliphatic rings. The summed E-state index contributed by atoms with van der Waals surface area (Å²) in [6, 6.07) is 2.65. The van der Waals surface area contributed by atoms with Crippen LogP contribution in [-0.4, -0.2) is 50.1 Å². The largest absolute Gasteiger partial charge is 0.478 e. The highest BCUT2D eigenvalue weighted by Gasteiger charge is 2.32. The zero-order valence-corrected chi connectivity index (χ0v) is 12.3. The van der Waals surface area contributed by atoms with Crippen molar-refractivity contribution in [2.45, 2.75) is 23.8 Å². The molecule has 1 heterocycles. The number of nitrogens with zero attached hydrogens (tertiary/aromatic N) is 1. The maximum atomic E-state index is 13.3. The lowest BCUT2D eigenvalue weighted by Gasteiger charge is -2.30. The average molecular weight is 317 g/mol. The Morgan fingerprint density at radius 1 is 1.38 bits per heavy atom. The first-order chi connectivity index (χ1) is 9.86. The van der Waals surface area contributed by atoms with Gasteiger partial charge in [-0.05, 0) is 31.0 Å². The van der Waals surface area contributed by atoms with Crippen molar-refractivity contribution in [3.05, 3.63) is 29.6 Å². The molecule has 6 nitrogen and oxygen atoms in total. The van der Waals surface area contributed by atoms with Gasteiger partial charge in [-0.15, -0.1) is 0 Å². The molecule has 0 bridgehead atoms. The zero-order valence-electron chi connectivity index (χ0n) is 11.5. The van der Waals surface area contributed by atoms with E-state index in [1.165, 1.54) is 4.31 Å². The van der Waals surface area contributed by atoms with Crippen LogP contribution in [-0.2, 0) is 14.8 Å². The molecule has 2 rings (SSSR count). The van der Waals surface area contributed by atoms with Crippen molar-refractivity contribution in [2.75, 3.05) is 20.2 Å². The van der Waals surface area contributed by atoms with Crippen molar-refractivity contribution in [1.82, 2.24) is 4.31 Å². The number of carboxylic acids is 1. The Morgan fingerprint density at radius 2 is 2.00 bits per heavy atom. The minimum absolute atomic E-state index is 0.0112. The molecule has 116 valence electrons. The Kier molecular flexibility index (Phi) is 4.60. The van der Waals surface area contributed by atoms with Gasteiger partial charge in [0.2, 0.25) is 10.0 Å². The number of carboxylic acid groups (broad SMARTS) is 1. The van der Waals surface area contributed by atoms with Gasteiger partial charge in [0.05, 0.1) is 16.6 Å². The molecule has 1 fully saturated rings. The third-order valence-electron chi connectivity index (χ3n) is 3.53. The van der Waals surface area contributed by atoms with E-state index in [0.717, 1.165) is 18.2 Å². The van der Waals surface area contributed by atoms with Gasteiger partial charge in [0, 0.05) is 20.2 Å². The Morgan fingerprint density at radius 3 is 2.52 bits per heavy atom. The first kappa shape index (κ1) is 15.9. The molecule has 1 N–H and O–H groups in total. The third-order valence-corrected chi connectivity index (χ3v) is 5.46. The van der Waals surface area contributed by atoms with Crippen LogP contribution in [0.3, 0.4) is 0 Å². The van der Waals surface area contributed by atoms with Crippen molar-refractivity contribution in [3.8, 4) is 0 Å². The van der Waals surface area contributed by atoms with Gasteiger partial charge in [-0.3, -0.25) is 0 Å². The number of carbonyl (C=O) groups is 1. The highest BCUT2D eigenvalue weighted by Crippen LogP contribution is 2.25. The van der Waals surface area contributed by atoms with Gasteiger partial charge in [0.25, 0.3) is 0 Å². The van der Waals surface area contributed by atoms with Gasteiger partial charge in [0.15, 0.2) is 0 Å². The number of halogens is 1. The molecule has 0 radical (unpaired) electrons. The molecular formula is C13H16FNO5S. The second-order valence-corrected chi connectivity index (χ2v) is 6.69. The minimum atomic E-state index is -4.03. The number of methoxy groups -OCH3 is 1. The van der Waals surface area contributed by atoms with Crippen LogP contribution in [0.5, 0.6) is 0 Å². The van der Waals surface area contributed by atoms with Gasteiger partial charge in [-0.1, -0.05) is 0 Å². The molecule has 0 spiro atoms. The molecule has 1 aromatic carbocycles. The summed E-state index contributed by atoms with van der Waals surface area (Å²) in [4.78, 5) is 10.6. The van der Waals surface area contributed by atoms with Gasteiger partial charge >= 0.3 is 5.97 Å². The summed E-state index contributed by atoms with van der Waals surface area (Å²) in [6.07, 6.45) is 1.03. The molecular weight excluding hydrogens is 301 g/mol. The molecule has 8 heteroatoms. The summed E-state index contributed by atoms with van der Waals surface area (Å²) < 4.78 is 44.7. The molecule has 1 saturated heterocycles. The van der Waals surface area contributed by atoms with Crippen molar-refractivity contribution in [2.24, 2.45) is 0 Å². The highest BCUT2D eigenvalue weighted by molar-refractivity contribution is 7.89. The predicted molar refractivity (Wildman–Crippen MR) is 72.1 cm³/mol. The van der Waals surface area contributed by atoms with E-state index >= 15 is 0 Å². The quantitative estimate of drug-likeness (QED) is 0.905. The Hall–Kier alpha value is -1.51. The van der Waals surface area contributed by atoms with E-state index in [2.05, 4.69) is 0 Å². The van der Waals surface area contributed by atoms with Crippen molar-refractivity contribution in [3.63, 3.8) is 0 Å². The Balaban J connectivity index is 2.36. The number of benzene rings is 1. The summed E-state index contributed by atoms with van der Waals surface area (Å²) in [5, 5.41) is 9.07. The van der Waals surface area contributed by atoms with Gasteiger partial charge in [0.1, 0.15) is 5.82 Å². The molecule has 0 atom stereocenters. The van der Waals surface area contributed by atoms with Crippen LogP contribution in [0.2, 0.25) is 0 Å². The molecule has 21 heavy (non-hydrogen) atoms. The lowest BCUT2D eigenvalue weighted by Crippen LogP contribution is -2.41. The third kappa shape index (κ3) is 3.22. The van der Waals surface area contributed by atoms with E-state index in [1.54, 1.807) is 7.11 Å². The monoisotopic (exact) mass is 317 g/mol. The van der Waals surface area contributed by atoms with E-state index in [1.807, 2.05) is 0 Å². The van der Waals surface area contributed by atoms with Crippen LogP contribution < -0.4 is 0 Å². The zero-order chi connectivity index (χ0) is 15.6. The van der Waals surface area contributed by atoms with Gasteiger partial charge in [-0.2, -0.15) is 4.31 Å². The van der Waals surface area contributed by atoms with Crippen LogP contribution in [0.1, 0.15) is 23.2 Å². The van der Waals surface area contributed by atoms with E-state index in [-0.39, 0.29) is 19.2 Å². The first-order valence-electron chi connectivity index (χ1n) is 6.42. The highest BCUT2D eigenvalue weighted by atomic mass is 32.2. The normalized spacial score (nSPS) is 17.8. The molecule has 1 aliphatic heterocycles. The molecule has 0 amide bonds. The second kappa shape index (κ2) is 6.08. The van der Waals surface area contributed by atoms with Gasteiger partial charge < -0.3 is 9.84 Å². The van der Waals surface area contributed by atoms with E-state index in [0.29, 0.717) is 12.8 Å². The minimum Gasteiger partial charge on any atom is -0.478 e. The van der Waals surface area contributed by atoms with Crippen molar-refractivity contribution in [1.29, 1.82) is 0 Å². The number of rotatable bonds is 4. The van der Waals surface area contributed by atoms with Crippen molar-refractivity contribution >= 4 is 16.0 Å². The molecule has 0 aromatic heterocycles. The molecule has 1 aromatic rings. The second-order valence-electron chi connectivity index (χ2n) is 4.78. The summed E-state index contributed by atoms with van der Waals surface area (Å²) >= 11 is 0. The number of hydrogen-bond donors (Lipinski definition) is 1. The van der Waals surface area contributed by atoms with Crippen LogP contribution in [0.25, 0.3) is 0 Å². The van der Waals surface area contributed by atoms with Crippen LogP contribution in [0, 0.1) is 5.82 Å². The fourth-order valence-electron chi connectivity index (χ4n) is 2.33. The van der Waals surface area contributed by atoms with Crippen molar-refractivity contribution < 1.29 is 27.4 Å². The standard InChI is InChI=1S/C13H16FNO5S/c1-20-10-4-6-15(7-5-10)21(18,19)12-8-9(14)2-3-11(12)13(16)17/h2-3,8,10H,4-7H2,1H3,(H,16,17). The van der Waals surface area contributed by atoms with E-state index < -0.39 is 32.3 Å². The smallest absolute Gasteiger partial charge is 0.337 e. The summed E-state index contributed by atoms with van der Waals surface area (Å²) in [7, 11) is -2.48. The fourth-order valence-corrected chi connectivity index (χ4v) is 4.00. The topological polar surface area (TPSA) is 83.9 Å². The van der Waals surface area contributed by atoms with E-state index in [4.69, 9.17) is 9.84 Å². The number of hydrogen-bond acceptors (Lipinski definition) is 4. The van der Waals surface area contributed by atoms with Crippen LogP contribution >= 0.6 is 0 Å². The van der Waals surface area contributed by atoms with Crippen LogP contribution in [0.15, 0.2) is 23.1 Å². The Labute approximate surface area is 122 Å². The lowest BCUT2D eigenvalue weighted by molar-refractivity contribution is 0.0602. The number of ether oxygens (including phenoxy) is 1. The predicted octanol–water partition coefficient (Wildman–Crippen LogP) is 1.32. The first-order valence-corrected chi connectivity index (χ1v) is 7.86. The summed E-state index contributed by atoms with van der Waals surface area (Å²) in [6.45, 7) is 0.437. The maximum absolute atomic E-state index is 13.3. The molecule has 0 aliphatic carbocycles. The number of piperidine rings is 1. The average Bonchev–Trinajstić information content (AvgIpc) is 2.47. The lowest BCUT2D eigenvalue weighted by atomic mass is 10.1. The molecule has 0 unspecified atom stereocenters. The summed E-state index contributed by atoms with van der Waals surface area (Å²) in [5.41, 5.74) is -0.426. The SMILES string of the molecule is COC1CCN(S(=O)(=O)c2cc(F)ccc2C(=O)O)CC1. The summed E-state index contributed by atoms with van der Waals surface area (Å²) in [5.74, 6) is -2.19. The fraction of sp³-hybridized carbons (Fsp3) is 0.462. The number of aromatic carboxylic acids is 1. The van der Waals surface area contributed by atoms with E-state index in [9.17, 15) is 17.6 Å².